The number of alkyl halides is 3. The fraction of sp³-hybridized carbons (Fsp3) is 0.455. The topological polar surface area (TPSA) is 57.7 Å². The molecule has 1 aromatic heterocycles. The number of methoxy groups -OCH3 is 2. The lowest BCUT2D eigenvalue weighted by Crippen LogP contribution is -2.18. The summed E-state index contributed by atoms with van der Waals surface area (Å²) in [7, 11) is 2.43. The highest BCUT2D eigenvalue weighted by molar-refractivity contribution is 5.72. The highest BCUT2D eigenvalue weighted by Crippen LogP contribution is 2.31. The van der Waals surface area contributed by atoms with Crippen LogP contribution in [-0.2, 0) is 16.0 Å². The van der Waals surface area contributed by atoms with Crippen LogP contribution in [0, 0.1) is 6.92 Å². The molecule has 1 heterocycles. The fourth-order valence-electron chi connectivity index (χ4n) is 1.35. The molecule has 0 aromatic carbocycles. The Kier molecular flexibility index (Phi) is 4.57. The maximum atomic E-state index is 12.2. The van der Waals surface area contributed by atoms with E-state index in [9.17, 15) is 18.0 Å². The number of carbonyl (C=O) groups is 1. The molecule has 0 aliphatic heterocycles. The molecule has 8 heteroatoms. The van der Waals surface area contributed by atoms with Gasteiger partial charge < -0.3 is 14.2 Å². The lowest BCUT2D eigenvalue weighted by atomic mass is 10.2. The van der Waals surface area contributed by atoms with Crippen LogP contribution in [0.15, 0.2) is 6.07 Å². The molecular formula is C11H12F3NO4. The number of pyridine rings is 1. The quantitative estimate of drug-likeness (QED) is 0.789. The molecular weight excluding hydrogens is 267 g/mol. The number of hydrogen-bond acceptors (Lipinski definition) is 5. The number of esters is 1. The number of hydrogen-bond donors (Lipinski definition) is 0. The minimum atomic E-state index is -4.83. The number of halogens is 3. The Morgan fingerprint density at radius 1 is 1.37 bits per heavy atom. The zero-order valence-corrected chi connectivity index (χ0v) is 10.5. The van der Waals surface area contributed by atoms with Gasteiger partial charge in [-0.25, -0.2) is 4.98 Å². The van der Waals surface area contributed by atoms with Crippen LogP contribution in [0.25, 0.3) is 0 Å². The number of nitrogens with zero attached hydrogens (tertiary/aromatic N) is 1. The zero-order valence-electron chi connectivity index (χ0n) is 10.5. The molecule has 0 bridgehead atoms. The van der Waals surface area contributed by atoms with Crippen molar-refractivity contribution in [3.8, 4) is 11.6 Å². The molecule has 106 valence electrons. The summed E-state index contributed by atoms with van der Waals surface area (Å²) >= 11 is 0. The Hall–Kier alpha value is -1.99. The van der Waals surface area contributed by atoms with Gasteiger partial charge in [-0.2, -0.15) is 0 Å². The Morgan fingerprint density at radius 3 is 2.47 bits per heavy atom. The van der Waals surface area contributed by atoms with Crippen LogP contribution in [0.2, 0.25) is 0 Å². The van der Waals surface area contributed by atoms with Crippen molar-refractivity contribution in [2.24, 2.45) is 0 Å². The van der Waals surface area contributed by atoms with E-state index < -0.39 is 18.1 Å². The monoisotopic (exact) mass is 279 g/mol. The summed E-state index contributed by atoms with van der Waals surface area (Å²) in [6.45, 7) is 1.37. The normalized spacial score (nSPS) is 11.1. The first-order valence-electron chi connectivity index (χ1n) is 5.14. The van der Waals surface area contributed by atoms with E-state index in [1.54, 1.807) is 0 Å². The van der Waals surface area contributed by atoms with Gasteiger partial charge in [0, 0.05) is 6.07 Å². The summed E-state index contributed by atoms with van der Waals surface area (Å²) in [5.74, 6) is -1.13. The summed E-state index contributed by atoms with van der Waals surface area (Å²) in [6, 6.07) is 1.03. The van der Waals surface area contributed by atoms with Crippen molar-refractivity contribution in [1.82, 2.24) is 4.98 Å². The summed E-state index contributed by atoms with van der Waals surface area (Å²) < 4.78 is 49.8. The summed E-state index contributed by atoms with van der Waals surface area (Å²) in [6.07, 6.45) is -5.11. The van der Waals surface area contributed by atoms with Gasteiger partial charge in [-0.05, 0) is 6.92 Å². The molecule has 0 unspecified atom stereocenters. The van der Waals surface area contributed by atoms with Gasteiger partial charge >= 0.3 is 12.3 Å². The number of aromatic nitrogens is 1. The highest BCUT2D eigenvalue weighted by Gasteiger charge is 2.32. The van der Waals surface area contributed by atoms with Gasteiger partial charge in [0.2, 0.25) is 5.88 Å². The maximum Gasteiger partial charge on any atom is 0.573 e. The predicted octanol–water partition coefficient (Wildman–Crippen LogP) is 2.01. The summed E-state index contributed by atoms with van der Waals surface area (Å²) in [4.78, 5) is 15.0. The van der Waals surface area contributed by atoms with Crippen molar-refractivity contribution in [1.29, 1.82) is 0 Å². The van der Waals surface area contributed by atoms with E-state index in [0.29, 0.717) is 0 Å². The molecule has 1 rings (SSSR count). The largest absolute Gasteiger partial charge is 0.573 e. The van der Waals surface area contributed by atoms with E-state index in [1.165, 1.54) is 21.1 Å². The van der Waals surface area contributed by atoms with Crippen molar-refractivity contribution in [3.63, 3.8) is 0 Å². The van der Waals surface area contributed by atoms with Crippen molar-refractivity contribution in [2.45, 2.75) is 19.7 Å². The zero-order chi connectivity index (χ0) is 14.6. The van der Waals surface area contributed by atoms with Gasteiger partial charge in [-0.15, -0.1) is 13.2 Å². The van der Waals surface area contributed by atoms with Crippen LogP contribution in [0.5, 0.6) is 11.6 Å². The van der Waals surface area contributed by atoms with Gasteiger partial charge in [-0.1, -0.05) is 0 Å². The molecule has 0 aliphatic rings. The second kappa shape index (κ2) is 5.77. The fourth-order valence-corrected chi connectivity index (χ4v) is 1.35. The second-order valence-electron chi connectivity index (χ2n) is 3.55. The van der Waals surface area contributed by atoms with Gasteiger partial charge in [0.25, 0.3) is 0 Å². The van der Waals surface area contributed by atoms with Gasteiger partial charge in [0.15, 0.2) is 0 Å². The van der Waals surface area contributed by atoms with E-state index >= 15 is 0 Å². The molecule has 1 aromatic rings. The van der Waals surface area contributed by atoms with E-state index in [2.05, 4.69) is 14.5 Å². The predicted molar refractivity (Wildman–Crippen MR) is 57.9 cm³/mol. The van der Waals surface area contributed by atoms with Gasteiger partial charge in [0.05, 0.1) is 31.9 Å². The average molecular weight is 279 g/mol. The maximum absolute atomic E-state index is 12.2. The van der Waals surface area contributed by atoms with E-state index in [0.717, 1.165) is 6.07 Å². The SMILES string of the molecule is COC(=O)Cc1cc(OC(F)(F)F)c(C)c(OC)n1. The molecule has 0 amide bonds. The molecule has 0 saturated heterocycles. The Labute approximate surface area is 107 Å². The number of carbonyl (C=O) groups excluding carboxylic acids is 1. The van der Waals surface area contributed by atoms with E-state index in [4.69, 9.17) is 4.74 Å². The standard InChI is InChI=1S/C11H12F3NO4/c1-6-8(19-11(12,13)14)4-7(5-9(16)17-2)15-10(6)18-3/h4H,5H2,1-3H3. The molecule has 0 spiro atoms. The molecule has 19 heavy (non-hydrogen) atoms. The van der Waals surface area contributed by atoms with Crippen LogP contribution in [0.3, 0.4) is 0 Å². The first-order valence-corrected chi connectivity index (χ1v) is 5.14. The van der Waals surface area contributed by atoms with Crippen LogP contribution in [0.4, 0.5) is 13.2 Å². The van der Waals surface area contributed by atoms with Crippen molar-refractivity contribution >= 4 is 5.97 Å². The highest BCUT2D eigenvalue weighted by atomic mass is 19.4. The van der Waals surface area contributed by atoms with Crippen molar-refractivity contribution in [3.05, 3.63) is 17.3 Å². The average Bonchev–Trinajstić information content (AvgIpc) is 2.31. The van der Waals surface area contributed by atoms with Gasteiger partial charge in [-0.3, -0.25) is 4.79 Å². The first-order chi connectivity index (χ1) is 8.76. The number of ether oxygens (including phenoxy) is 3. The summed E-state index contributed by atoms with van der Waals surface area (Å²) in [5, 5.41) is 0. The molecule has 5 nitrogen and oxygen atoms in total. The molecule has 0 radical (unpaired) electrons. The van der Waals surface area contributed by atoms with Crippen molar-refractivity contribution in [2.75, 3.05) is 14.2 Å². The first kappa shape index (κ1) is 15.1. The lowest BCUT2D eigenvalue weighted by Gasteiger charge is -2.14. The van der Waals surface area contributed by atoms with Crippen LogP contribution >= 0.6 is 0 Å². The lowest BCUT2D eigenvalue weighted by molar-refractivity contribution is -0.274. The minimum Gasteiger partial charge on any atom is -0.481 e. The Morgan fingerprint density at radius 2 is 2.00 bits per heavy atom. The van der Waals surface area contributed by atoms with Crippen LogP contribution < -0.4 is 9.47 Å². The molecule has 0 N–H and O–H groups in total. The molecule has 0 fully saturated rings. The number of rotatable bonds is 4. The summed E-state index contributed by atoms with van der Waals surface area (Å²) in [5.41, 5.74) is 0.155. The molecule has 0 atom stereocenters. The third-order valence-corrected chi connectivity index (χ3v) is 2.21. The van der Waals surface area contributed by atoms with Crippen LogP contribution in [0.1, 0.15) is 11.3 Å². The Balaban J connectivity index is 3.14. The third kappa shape index (κ3) is 4.31. The van der Waals surface area contributed by atoms with E-state index in [1.807, 2.05) is 0 Å². The van der Waals surface area contributed by atoms with Gasteiger partial charge in [0.1, 0.15) is 5.75 Å². The van der Waals surface area contributed by atoms with E-state index in [-0.39, 0.29) is 23.6 Å². The van der Waals surface area contributed by atoms with Crippen LogP contribution in [-0.4, -0.2) is 31.5 Å². The molecule has 0 aliphatic carbocycles. The second-order valence-corrected chi connectivity index (χ2v) is 3.55. The Bertz CT molecular complexity index is 474. The third-order valence-electron chi connectivity index (χ3n) is 2.21. The minimum absolute atomic E-state index is 0.0411. The van der Waals surface area contributed by atoms with Crippen molar-refractivity contribution < 1.29 is 32.2 Å². The smallest absolute Gasteiger partial charge is 0.481 e. The molecule has 0 saturated carbocycles.